The number of hydrogen-bond acceptors (Lipinski definition) is 2. The van der Waals surface area contributed by atoms with Gasteiger partial charge in [0.05, 0.1) is 6.42 Å². The van der Waals surface area contributed by atoms with Crippen LogP contribution in [0.3, 0.4) is 0 Å². The van der Waals surface area contributed by atoms with Gasteiger partial charge in [0.1, 0.15) is 0 Å². The van der Waals surface area contributed by atoms with Crippen LogP contribution >= 0.6 is 11.6 Å². The summed E-state index contributed by atoms with van der Waals surface area (Å²) in [5.74, 6) is 0.117. The van der Waals surface area contributed by atoms with Crippen molar-refractivity contribution in [3.05, 3.63) is 34.9 Å². The third-order valence-electron chi connectivity index (χ3n) is 3.71. The quantitative estimate of drug-likeness (QED) is 0.922. The number of hydrogen-bond donors (Lipinski definition) is 1. The minimum absolute atomic E-state index is 0.117. The molecule has 0 aliphatic carbocycles. The first-order valence-electron chi connectivity index (χ1n) is 6.86. The lowest BCUT2D eigenvalue weighted by Crippen LogP contribution is -2.44. The minimum atomic E-state index is 0.117. The molecule has 1 aliphatic rings. The molecule has 1 N–H and O–H groups in total. The molecule has 1 unspecified atom stereocenters. The van der Waals surface area contributed by atoms with Gasteiger partial charge in [0.15, 0.2) is 0 Å². The monoisotopic (exact) mass is 281 g/mol. The summed E-state index contributed by atoms with van der Waals surface area (Å²) in [4.78, 5) is 14.3. The second-order valence-corrected chi connectivity index (χ2v) is 5.42. The Morgan fingerprint density at radius 3 is 2.89 bits per heavy atom. The van der Waals surface area contributed by atoms with E-state index in [-0.39, 0.29) is 18.6 Å². The van der Waals surface area contributed by atoms with Gasteiger partial charge in [0.25, 0.3) is 0 Å². The first-order valence-corrected chi connectivity index (χ1v) is 7.24. The number of likely N-dealkylation sites (tertiary alicyclic amines) is 1. The van der Waals surface area contributed by atoms with Crippen LogP contribution in [0.1, 0.15) is 31.2 Å². The van der Waals surface area contributed by atoms with Crippen LogP contribution < -0.4 is 0 Å². The van der Waals surface area contributed by atoms with E-state index in [0.717, 1.165) is 31.4 Å². The Morgan fingerprint density at radius 1 is 1.37 bits per heavy atom. The molecule has 0 saturated carbocycles. The number of rotatable bonds is 4. The zero-order valence-corrected chi connectivity index (χ0v) is 11.8. The Balaban J connectivity index is 2.03. The van der Waals surface area contributed by atoms with Crippen LogP contribution in [0.5, 0.6) is 0 Å². The second kappa shape index (κ2) is 6.92. The van der Waals surface area contributed by atoms with E-state index in [9.17, 15) is 4.79 Å². The molecule has 1 saturated heterocycles. The van der Waals surface area contributed by atoms with Gasteiger partial charge in [-0.25, -0.2) is 0 Å². The summed E-state index contributed by atoms with van der Waals surface area (Å²) < 4.78 is 0. The van der Waals surface area contributed by atoms with Crippen LogP contribution in [0.2, 0.25) is 5.02 Å². The van der Waals surface area contributed by atoms with Gasteiger partial charge >= 0.3 is 0 Å². The summed E-state index contributed by atoms with van der Waals surface area (Å²) >= 11 is 6.09. The molecule has 1 aromatic carbocycles. The predicted octanol–water partition coefficient (Wildman–Crippen LogP) is 2.65. The van der Waals surface area contributed by atoms with Gasteiger partial charge in [-0.1, -0.05) is 29.8 Å². The number of nitrogens with zero attached hydrogens (tertiary/aromatic N) is 1. The van der Waals surface area contributed by atoms with Gasteiger partial charge < -0.3 is 10.0 Å². The predicted molar refractivity (Wildman–Crippen MR) is 76.2 cm³/mol. The van der Waals surface area contributed by atoms with Crippen molar-refractivity contribution in [2.75, 3.05) is 13.2 Å². The van der Waals surface area contributed by atoms with Crippen LogP contribution in [0.25, 0.3) is 0 Å². The minimum Gasteiger partial charge on any atom is -0.396 e. The summed E-state index contributed by atoms with van der Waals surface area (Å²) in [6.07, 6.45) is 4.21. The van der Waals surface area contributed by atoms with E-state index in [1.165, 1.54) is 0 Å². The summed E-state index contributed by atoms with van der Waals surface area (Å²) in [5, 5.41) is 9.74. The molecule has 1 heterocycles. The van der Waals surface area contributed by atoms with E-state index >= 15 is 0 Å². The van der Waals surface area contributed by atoms with Crippen LogP contribution in [0.4, 0.5) is 0 Å². The third kappa shape index (κ3) is 3.71. The fraction of sp³-hybridized carbons (Fsp3) is 0.533. The molecule has 0 spiro atoms. The topological polar surface area (TPSA) is 40.5 Å². The van der Waals surface area contributed by atoms with Crippen molar-refractivity contribution in [3.63, 3.8) is 0 Å². The highest BCUT2D eigenvalue weighted by molar-refractivity contribution is 6.31. The Hall–Kier alpha value is -1.06. The molecule has 2 rings (SSSR count). The molecular weight excluding hydrogens is 262 g/mol. The molecule has 0 radical (unpaired) electrons. The first-order chi connectivity index (χ1) is 9.22. The van der Waals surface area contributed by atoms with Crippen molar-refractivity contribution >= 4 is 17.5 Å². The first kappa shape index (κ1) is 14.4. The zero-order valence-electron chi connectivity index (χ0n) is 11.0. The number of aliphatic hydroxyl groups is 1. The van der Waals surface area contributed by atoms with E-state index in [0.29, 0.717) is 17.9 Å². The van der Waals surface area contributed by atoms with Crippen molar-refractivity contribution in [1.29, 1.82) is 0 Å². The standard InChI is InChI=1S/C15H20ClNO2/c16-14-7-2-1-5-12(14)11-15(19)17-9-4-3-6-13(17)8-10-18/h1-2,5,7,13,18H,3-4,6,8-11H2. The van der Waals surface area contributed by atoms with E-state index in [1.807, 2.05) is 29.2 Å². The molecule has 3 nitrogen and oxygen atoms in total. The highest BCUT2D eigenvalue weighted by atomic mass is 35.5. The van der Waals surface area contributed by atoms with Gasteiger partial charge in [0.2, 0.25) is 5.91 Å². The van der Waals surface area contributed by atoms with Gasteiger partial charge in [-0.05, 0) is 37.3 Å². The van der Waals surface area contributed by atoms with Gasteiger partial charge in [-0.2, -0.15) is 0 Å². The number of piperidine rings is 1. The molecule has 4 heteroatoms. The maximum Gasteiger partial charge on any atom is 0.227 e. The fourth-order valence-electron chi connectivity index (χ4n) is 2.68. The maximum absolute atomic E-state index is 12.4. The van der Waals surface area contributed by atoms with Gasteiger partial charge in [0, 0.05) is 24.2 Å². The van der Waals surface area contributed by atoms with Crippen molar-refractivity contribution in [2.24, 2.45) is 0 Å². The Labute approximate surface area is 119 Å². The average Bonchev–Trinajstić information content (AvgIpc) is 2.42. The van der Waals surface area contributed by atoms with Crippen LogP contribution in [-0.4, -0.2) is 35.1 Å². The second-order valence-electron chi connectivity index (χ2n) is 5.02. The molecule has 0 bridgehead atoms. The fourth-order valence-corrected chi connectivity index (χ4v) is 2.89. The number of amides is 1. The summed E-state index contributed by atoms with van der Waals surface area (Å²) in [7, 11) is 0. The molecule has 0 aromatic heterocycles. The lowest BCUT2D eigenvalue weighted by Gasteiger charge is -2.35. The Bertz CT molecular complexity index is 434. The molecule has 1 aliphatic heterocycles. The van der Waals surface area contributed by atoms with Gasteiger partial charge in [-0.15, -0.1) is 0 Å². The smallest absolute Gasteiger partial charge is 0.227 e. The number of halogens is 1. The van der Waals surface area contributed by atoms with Crippen molar-refractivity contribution in [2.45, 2.75) is 38.1 Å². The third-order valence-corrected chi connectivity index (χ3v) is 4.08. The molecule has 1 aromatic rings. The van der Waals surface area contributed by atoms with E-state index in [1.54, 1.807) is 0 Å². The number of aliphatic hydroxyl groups excluding tert-OH is 1. The van der Waals surface area contributed by atoms with Crippen molar-refractivity contribution < 1.29 is 9.90 Å². The number of carbonyl (C=O) groups excluding carboxylic acids is 1. The lowest BCUT2D eigenvalue weighted by molar-refractivity contribution is -0.134. The Kier molecular flexibility index (Phi) is 5.23. The van der Waals surface area contributed by atoms with Crippen molar-refractivity contribution in [3.8, 4) is 0 Å². The van der Waals surface area contributed by atoms with E-state index in [4.69, 9.17) is 16.7 Å². The molecule has 1 fully saturated rings. The highest BCUT2D eigenvalue weighted by Crippen LogP contribution is 2.22. The van der Waals surface area contributed by atoms with Crippen LogP contribution in [0.15, 0.2) is 24.3 Å². The normalized spacial score (nSPS) is 19.5. The molecular formula is C15H20ClNO2. The van der Waals surface area contributed by atoms with E-state index < -0.39 is 0 Å². The maximum atomic E-state index is 12.4. The van der Waals surface area contributed by atoms with Crippen LogP contribution in [-0.2, 0) is 11.2 Å². The van der Waals surface area contributed by atoms with Crippen LogP contribution in [0, 0.1) is 0 Å². The summed E-state index contributed by atoms with van der Waals surface area (Å²) in [6, 6.07) is 7.66. The van der Waals surface area contributed by atoms with Crippen molar-refractivity contribution in [1.82, 2.24) is 4.90 Å². The lowest BCUT2D eigenvalue weighted by atomic mass is 9.98. The van der Waals surface area contributed by atoms with Gasteiger partial charge in [-0.3, -0.25) is 4.79 Å². The van der Waals surface area contributed by atoms with E-state index in [2.05, 4.69) is 0 Å². The Morgan fingerprint density at radius 2 is 2.16 bits per heavy atom. The molecule has 104 valence electrons. The summed E-state index contributed by atoms with van der Waals surface area (Å²) in [5.41, 5.74) is 0.877. The molecule has 1 atom stereocenters. The average molecular weight is 282 g/mol. The number of carbonyl (C=O) groups is 1. The SMILES string of the molecule is O=C(Cc1ccccc1Cl)N1CCCCC1CCO. The molecule has 19 heavy (non-hydrogen) atoms. The molecule has 1 amide bonds. The summed E-state index contributed by atoms with van der Waals surface area (Å²) in [6.45, 7) is 0.939. The highest BCUT2D eigenvalue weighted by Gasteiger charge is 2.26. The largest absolute Gasteiger partial charge is 0.396 e. The zero-order chi connectivity index (χ0) is 13.7. The number of benzene rings is 1.